The zero-order valence-electron chi connectivity index (χ0n) is 22.6. The van der Waals surface area contributed by atoms with Crippen LogP contribution in [0.1, 0.15) is 75.8 Å². The van der Waals surface area contributed by atoms with Crippen LogP contribution in [0, 0.1) is 29.2 Å². The summed E-state index contributed by atoms with van der Waals surface area (Å²) in [5, 5.41) is 0. The smallest absolute Gasteiger partial charge is 0.200 e. The van der Waals surface area contributed by atoms with Crippen molar-refractivity contribution in [2.45, 2.75) is 64.7 Å². The van der Waals surface area contributed by atoms with Crippen LogP contribution >= 0.6 is 0 Å². The molecule has 0 bridgehead atoms. The van der Waals surface area contributed by atoms with E-state index in [1.165, 1.54) is 6.07 Å². The maximum absolute atomic E-state index is 14.9. The summed E-state index contributed by atoms with van der Waals surface area (Å²) in [6.07, 6.45) is 8.99. The van der Waals surface area contributed by atoms with Gasteiger partial charge in [0.1, 0.15) is 5.75 Å². The Morgan fingerprint density at radius 2 is 1.46 bits per heavy atom. The molecule has 3 aromatic carbocycles. The quantitative estimate of drug-likeness (QED) is 0.178. The van der Waals surface area contributed by atoms with E-state index in [2.05, 4.69) is 0 Å². The van der Waals surface area contributed by atoms with Crippen molar-refractivity contribution in [3.05, 3.63) is 89.0 Å². The number of halogens is 4. The molecule has 3 aromatic rings. The maximum Gasteiger partial charge on any atom is 0.200 e. The SMILES string of the molecule is CCCCOc1ccc(C2CCC(/C=C/c3ccc(-c4ccc(OCCC)cc4)c(F)c3F)CC2)c(F)c1F. The highest BCUT2D eigenvalue weighted by atomic mass is 19.2. The van der Waals surface area contributed by atoms with Gasteiger partial charge < -0.3 is 9.47 Å². The molecule has 2 nitrogen and oxygen atoms in total. The van der Waals surface area contributed by atoms with Crippen LogP contribution in [-0.2, 0) is 0 Å². The molecule has 0 radical (unpaired) electrons. The Hall–Kier alpha value is -3.28. The molecule has 0 saturated heterocycles. The molecule has 1 aliphatic rings. The lowest BCUT2D eigenvalue weighted by molar-refractivity contribution is 0.286. The lowest BCUT2D eigenvalue weighted by atomic mass is 9.78. The predicted octanol–water partition coefficient (Wildman–Crippen LogP) is 9.86. The van der Waals surface area contributed by atoms with Gasteiger partial charge in [0.15, 0.2) is 23.2 Å². The van der Waals surface area contributed by atoms with Crippen LogP contribution < -0.4 is 9.47 Å². The molecule has 0 amide bonds. The highest BCUT2D eigenvalue weighted by Gasteiger charge is 2.26. The highest BCUT2D eigenvalue weighted by molar-refractivity contribution is 5.67. The first-order chi connectivity index (χ1) is 18.9. The Morgan fingerprint density at radius 3 is 2.15 bits per heavy atom. The first-order valence-corrected chi connectivity index (χ1v) is 13.9. The van der Waals surface area contributed by atoms with Gasteiger partial charge in [0, 0.05) is 11.1 Å². The lowest BCUT2D eigenvalue weighted by Crippen LogP contribution is -2.14. The molecule has 0 aromatic heterocycles. The molecule has 0 heterocycles. The van der Waals surface area contributed by atoms with Gasteiger partial charge >= 0.3 is 0 Å². The van der Waals surface area contributed by atoms with E-state index in [0.717, 1.165) is 32.1 Å². The van der Waals surface area contributed by atoms with E-state index in [0.29, 0.717) is 42.9 Å². The minimum Gasteiger partial charge on any atom is -0.494 e. The third-order valence-corrected chi connectivity index (χ3v) is 7.34. The van der Waals surface area contributed by atoms with Gasteiger partial charge in [0.2, 0.25) is 5.82 Å². The standard InChI is InChI=1S/C33H36F4O2/c1-3-5-21-39-29-19-18-28(32(36)33(29)37)23-9-6-22(7-10-23)8-11-25-14-17-27(31(35)30(25)34)24-12-15-26(16-13-24)38-20-4-2/h8,11-19,22-23H,3-7,9-10,20-21H2,1-2H3/b11-8+. The Kier molecular flexibility index (Phi) is 10.1. The van der Waals surface area contributed by atoms with Crippen LogP contribution in [-0.4, -0.2) is 13.2 Å². The van der Waals surface area contributed by atoms with Crippen molar-refractivity contribution < 1.29 is 27.0 Å². The van der Waals surface area contributed by atoms with E-state index in [4.69, 9.17) is 9.47 Å². The van der Waals surface area contributed by atoms with Crippen LogP contribution in [0.2, 0.25) is 0 Å². The lowest BCUT2D eigenvalue weighted by Gasteiger charge is -2.27. The third kappa shape index (κ3) is 7.03. The van der Waals surface area contributed by atoms with E-state index in [9.17, 15) is 17.6 Å². The average Bonchev–Trinajstić information content (AvgIpc) is 2.96. The molecule has 0 unspecified atom stereocenters. The van der Waals surface area contributed by atoms with Crippen molar-refractivity contribution in [3.63, 3.8) is 0 Å². The number of unbranched alkanes of at least 4 members (excludes halogenated alkanes) is 1. The van der Waals surface area contributed by atoms with E-state index in [-0.39, 0.29) is 28.7 Å². The van der Waals surface area contributed by atoms with Crippen LogP contribution in [0.3, 0.4) is 0 Å². The van der Waals surface area contributed by atoms with Gasteiger partial charge in [-0.1, -0.05) is 62.8 Å². The second-order valence-electron chi connectivity index (χ2n) is 10.2. The van der Waals surface area contributed by atoms with Crippen molar-refractivity contribution in [2.24, 2.45) is 5.92 Å². The molecule has 6 heteroatoms. The summed E-state index contributed by atoms with van der Waals surface area (Å²) in [6.45, 7) is 4.98. The van der Waals surface area contributed by atoms with Crippen LogP contribution in [0.15, 0.2) is 54.6 Å². The van der Waals surface area contributed by atoms with Gasteiger partial charge in [0.25, 0.3) is 0 Å². The summed E-state index contributed by atoms with van der Waals surface area (Å²) in [5.41, 5.74) is 1.34. The molecular formula is C33H36F4O2. The van der Waals surface area contributed by atoms with Gasteiger partial charge in [-0.2, -0.15) is 4.39 Å². The molecule has 0 atom stereocenters. The van der Waals surface area contributed by atoms with E-state index in [1.54, 1.807) is 48.5 Å². The van der Waals surface area contributed by atoms with E-state index < -0.39 is 23.3 Å². The fraction of sp³-hybridized carbons (Fsp3) is 0.394. The predicted molar refractivity (Wildman–Crippen MR) is 148 cm³/mol. The van der Waals surface area contributed by atoms with Crippen molar-refractivity contribution in [3.8, 4) is 22.6 Å². The molecule has 1 saturated carbocycles. The molecule has 1 fully saturated rings. The average molecular weight is 541 g/mol. The molecule has 0 N–H and O–H groups in total. The summed E-state index contributed by atoms with van der Waals surface area (Å²) < 4.78 is 70.1. The highest BCUT2D eigenvalue weighted by Crippen LogP contribution is 2.39. The van der Waals surface area contributed by atoms with Crippen molar-refractivity contribution in [1.29, 1.82) is 0 Å². The van der Waals surface area contributed by atoms with Crippen LogP contribution in [0.5, 0.6) is 11.5 Å². The number of benzene rings is 3. The summed E-state index contributed by atoms with van der Waals surface area (Å²) in [5.74, 6) is -2.80. The number of allylic oxidation sites excluding steroid dienone is 1. The number of rotatable bonds is 11. The maximum atomic E-state index is 14.9. The monoisotopic (exact) mass is 540 g/mol. The van der Waals surface area contributed by atoms with Gasteiger partial charge in [-0.25, -0.2) is 13.2 Å². The number of ether oxygens (including phenoxy) is 2. The first kappa shape index (κ1) is 28.7. The van der Waals surface area contributed by atoms with Gasteiger partial charge in [-0.15, -0.1) is 0 Å². The zero-order valence-corrected chi connectivity index (χ0v) is 22.6. The Labute approximate surface area is 228 Å². The molecule has 4 rings (SSSR count). The summed E-state index contributed by atoms with van der Waals surface area (Å²) in [7, 11) is 0. The third-order valence-electron chi connectivity index (χ3n) is 7.34. The Balaban J connectivity index is 1.37. The molecule has 39 heavy (non-hydrogen) atoms. The van der Waals surface area contributed by atoms with Crippen molar-refractivity contribution >= 4 is 6.08 Å². The number of hydrogen-bond acceptors (Lipinski definition) is 2. The summed E-state index contributed by atoms with van der Waals surface area (Å²) >= 11 is 0. The van der Waals surface area contributed by atoms with E-state index >= 15 is 0 Å². The minimum atomic E-state index is -0.924. The van der Waals surface area contributed by atoms with Crippen molar-refractivity contribution in [1.82, 2.24) is 0 Å². The normalized spacial score (nSPS) is 17.5. The largest absolute Gasteiger partial charge is 0.494 e. The molecule has 208 valence electrons. The number of hydrogen-bond donors (Lipinski definition) is 0. The van der Waals surface area contributed by atoms with Crippen molar-refractivity contribution in [2.75, 3.05) is 13.2 Å². The van der Waals surface area contributed by atoms with Gasteiger partial charge in [-0.3, -0.25) is 0 Å². The van der Waals surface area contributed by atoms with Gasteiger partial charge in [0.05, 0.1) is 13.2 Å². The van der Waals surface area contributed by atoms with E-state index in [1.807, 2.05) is 19.9 Å². The second-order valence-corrected chi connectivity index (χ2v) is 10.2. The topological polar surface area (TPSA) is 18.5 Å². The fourth-order valence-corrected chi connectivity index (χ4v) is 5.03. The van der Waals surface area contributed by atoms with Gasteiger partial charge in [-0.05, 0) is 79.7 Å². The second kappa shape index (κ2) is 13.7. The van der Waals surface area contributed by atoms with Crippen LogP contribution in [0.25, 0.3) is 17.2 Å². The fourth-order valence-electron chi connectivity index (χ4n) is 5.03. The van der Waals surface area contributed by atoms with Crippen LogP contribution in [0.4, 0.5) is 17.6 Å². The molecule has 0 aliphatic heterocycles. The zero-order chi connectivity index (χ0) is 27.8. The molecule has 1 aliphatic carbocycles. The summed E-state index contributed by atoms with van der Waals surface area (Å²) in [6, 6.07) is 13.3. The Morgan fingerprint density at radius 1 is 0.718 bits per heavy atom. The molecule has 0 spiro atoms. The minimum absolute atomic E-state index is 0.0420. The summed E-state index contributed by atoms with van der Waals surface area (Å²) in [4.78, 5) is 0. The first-order valence-electron chi connectivity index (χ1n) is 13.9. The Bertz CT molecular complexity index is 1260. The molecular weight excluding hydrogens is 504 g/mol.